The van der Waals surface area contributed by atoms with Gasteiger partial charge in [-0.05, 0) is 31.4 Å². The summed E-state index contributed by atoms with van der Waals surface area (Å²) in [6.07, 6.45) is 3.56. The Morgan fingerprint density at radius 3 is 2.41 bits per heavy atom. The first-order valence-electron chi connectivity index (χ1n) is 8.93. The van der Waals surface area contributed by atoms with Gasteiger partial charge < -0.3 is 24.1 Å². The van der Waals surface area contributed by atoms with Crippen molar-refractivity contribution in [2.75, 3.05) is 26.6 Å². The molecule has 0 unspecified atom stereocenters. The maximum Gasteiger partial charge on any atom is 0.261 e. The van der Waals surface area contributed by atoms with Gasteiger partial charge in [-0.3, -0.25) is 9.59 Å². The average Bonchev–Trinajstić information content (AvgIpc) is 2.93. The highest BCUT2D eigenvalue weighted by Gasteiger charge is 2.23. The predicted molar refractivity (Wildman–Crippen MR) is 102 cm³/mol. The van der Waals surface area contributed by atoms with Crippen LogP contribution in [0.25, 0.3) is 0 Å². The molecular weight excluding hydrogens is 348 g/mol. The molecule has 0 fully saturated rings. The number of aromatic nitrogens is 1. The van der Waals surface area contributed by atoms with Gasteiger partial charge in [-0.25, -0.2) is 0 Å². The van der Waals surface area contributed by atoms with Crippen molar-refractivity contribution in [3.05, 3.63) is 45.9 Å². The lowest BCUT2D eigenvalue weighted by Crippen LogP contribution is -2.27. The number of fused-ring (bicyclic) bond motifs is 1. The summed E-state index contributed by atoms with van der Waals surface area (Å²) < 4.78 is 17.6. The van der Waals surface area contributed by atoms with E-state index < -0.39 is 0 Å². The molecule has 0 radical (unpaired) electrons. The summed E-state index contributed by atoms with van der Waals surface area (Å²) in [7, 11) is 4.56. The van der Waals surface area contributed by atoms with Crippen LogP contribution in [0.15, 0.2) is 29.1 Å². The Morgan fingerprint density at radius 1 is 0.963 bits per heavy atom. The van der Waals surface area contributed by atoms with Gasteiger partial charge in [-0.15, -0.1) is 0 Å². The molecule has 1 amide bonds. The van der Waals surface area contributed by atoms with Crippen molar-refractivity contribution in [1.82, 2.24) is 4.57 Å². The highest BCUT2D eigenvalue weighted by atomic mass is 16.5. The van der Waals surface area contributed by atoms with E-state index in [1.54, 1.807) is 29.9 Å². The Labute approximate surface area is 157 Å². The fourth-order valence-corrected chi connectivity index (χ4v) is 3.43. The van der Waals surface area contributed by atoms with Crippen LogP contribution in [-0.4, -0.2) is 31.8 Å². The second-order valence-electron chi connectivity index (χ2n) is 6.36. The molecule has 7 heteroatoms. The molecular formula is C20H24N2O5. The summed E-state index contributed by atoms with van der Waals surface area (Å²) in [5.41, 5.74) is 1.58. The number of nitrogens with one attached hydrogen (secondary N) is 1. The minimum absolute atomic E-state index is 0.133. The zero-order chi connectivity index (χ0) is 19.4. The molecule has 0 atom stereocenters. The van der Waals surface area contributed by atoms with Gasteiger partial charge in [0, 0.05) is 30.1 Å². The van der Waals surface area contributed by atoms with Crippen molar-refractivity contribution in [2.45, 2.75) is 32.2 Å². The number of methoxy groups -OCH3 is 3. The molecule has 27 heavy (non-hydrogen) atoms. The summed E-state index contributed by atoms with van der Waals surface area (Å²) in [5.74, 6) is 1.08. The first-order valence-corrected chi connectivity index (χ1v) is 8.93. The quantitative estimate of drug-likeness (QED) is 0.873. The number of carbonyl (C=O) groups excluding carboxylic acids is 1. The monoisotopic (exact) mass is 372 g/mol. The zero-order valence-corrected chi connectivity index (χ0v) is 15.8. The molecule has 1 aliphatic heterocycles. The Kier molecular flexibility index (Phi) is 5.69. The van der Waals surface area contributed by atoms with Crippen molar-refractivity contribution in [1.29, 1.82) is 0 Å². The number of hydrogen-bond donors (Lipinski definition) is 1. The molecule has 144 valence electrons. The second kappa shape index (κ2) is 8.16. The molecule has 0 bridgehead atoms. The van der Waals surface area contributed by atoms with Gasteiger partial charge in [0.25, 0.3) is 11.5 Å². The van der Waals surface area contributed by atoms with E-state index in [1.807, 2.05) is 0 Å². The van der Waals surface area contributed by atoms with E-state index >= 15 is 0 Å². The lowest BCUT2D eigenvalue weighted by molar-refractivity contribution is 0.102. The summed E-state index contributed by atoms with van der Waals surface area (Å²) >= 11 is 0. The molecule has 0 saturated carbocycles. The lowest BCUT2D eigenvalue weighted by Gasteiger charge is -2.18. The summed E-state index contributed by atoms with van der Waals surface area (Å²) in [5, 5.41) is 2.88. The van der Waals surface area contributed by atoms with E-state index in [0.717, 1.165) is 25.0 Å². The molecule has 0 aliphatic carbocycles. The van der Waals surface area contributed by atoms with Crippen LogP contribution in [0.4, 0.5) is 5.69 Å². The van der Waals surface area contributed by atoms with Crippen LogP contribution < -0.4 is 25.1 Å². The van der Waals surface area contributed by atoms with Crippen molar-refractivity contribution in [3.63, 3.8) is 0 Å². The van der Waals surface area contributed by atoms with E-state index in [-0.39, 0.29) is 11.5 Å². The zero-order valence-electron chi connectivity index (χ0n) is 15.8. The SMILES string of the molecule is COc1ccc(NC(=O)c2c(OC)cc(=O)n3c2CCCCC3)cc1OC. The van der Waals surface area contributed by atoms with Crippen LogP contribution in [0.1, 0.15) is 35.3 Å². The molecule has 0 spiro atoms. The molecule has 0 saturated heterocycles. The number of hydrogen-bond acceptors (Lipinski definition) is 5. The number of amides is 1. The molecule has 2 heterocycles. The normalized spacial score (nSPS) is 13.3. The fraction of sp³-hybridized carbons (Fsp3) is 0.400. The molecule has 7 nitrogen and oxygen atoms in total. The Hall–Kier alpha value is -2.96. The van der Waals surface area contributed by atoms with Gasteiger partial charge in [-0.2, -0.15) is 0 Å². The minimum Gasteiger partial charge on any atom is -0.496 e. The highest BCUT2D eigenvalue weighted by Crippen LogP contribution is 2.31. The van der Waals surface area contributed by atoms with Crippen LogP contribution in [0, 0.1) is 0 Å². The van der Waals surface area contributed by atoms with Gasteiger partial charge in [0.05, 0.1) is 21.3 Å². The largest absolute Gasteiger partial charge is 0.496 e. The van der Waals surface area contributed by atoms with Crippen LogP contribution in [0.2, 0.25) is 0 Å². The predicted octanol–water partition coefficient (Wildman–Crippen LogP) is 2.85. The second-order valence-corrected chi connectivity index (χ2v) is 6.36. The smallest absolute Gasteiger partial charge is 0.261 e. The number of nitrogens with zero attached hydrogens (tertiary/aromatic N) is 1. The van der Waals surface area contributed by atoms with Gasteiger partial charge in [-0.1, -0.05) is 6.42 Å². The fourth-order valence-electron chi connectivity index (χ4n) is 3.43. The van der Waals surface area contributed by atoms with Crippen LogP contribution in [0.5, 0.6) is 17.2 Å². The van der Waals surface area contributed by atoms with Crippen LogP contribution in [0.3, 0.4) is 0 Å². The van der Waals surface area contributed by atoms with Crippen molar-refractivity contribution in [3.8, 4) is 17.2 Å². The Morgan fingerprint density at radius 2 is 1.70 bits per heavy atom. The van der Waals surface area contributed by atoms with Gasteiger partial charge >= 0.3 is 0 Å². The maximum absolute atomic E-state index is 13.1. The van der Waals surface area contributed by atoms with E-state index in [0.29, 0.717) is 41.5 Å². The molecule has 2 aromatic rings. The topological polar surface area (TPSA) is 78.8 Å². The van der Waals surface area contributed by atoms with Gasteiger partial charge in [0.15, 0.2) is 11.5 Å². The first kappa shape index (κ1) is 18.8. The Bertz CT molecular complexity index is 904. The minimum atomic E-state index is -0.315. The van der Waals surface area contributed by atoms with Crippen LogP contribution in [-0.2, 0) is 13.0 Å². The van der Waals surface area contributed by atoms with Crippen molar-refractivity contribution in [2.24, 2.45) is 0 Å². The summed E-state index contributed by atoms with van der Waals surface area (Å²) in [4.78, 5) is 25.5. The van der Waals surface area contributed by atoms with Crippen molar-refractivity contribution < 1.29 is 19.0 Å². The van der Waals surface area contributed by atoms with Crippen molar-refractivity contribution >= 4 is 11.6 Å². The van der Waals surface area contributed by atoms with E-state index in [1.165, 1.54) is 20.3 Å². The number of ether oxygens (including phenoxy) is 3. The first-order chi connectivity index (χ1) is 13.1. The highest BCUT2D eigenvalue weighted by molar-refractivity contribution is 6.07. The van der Waals surface area contributed by atoms with Crippen LogP contribution >= 0.6 is 0 Å². The molecule has 1 N–H and O–H groups in total. The van der Waals surface area contributed by atoms with E-state index in [2.05, 4.69) is 5.32 Å². The molecule has 3 rings (SSSR count). The number of rotatable bonds is 5. The van der Waals surface area contributed by atoms with E-state index in [4.69, 9.17) is 14.2 Å². The average molecular weight is 372 g/mol. The third-order valence-corrected chi connectivity index (χ3v) is 4.77. The third kappa shape index (κ3) is 3.77. The summed E-state index contributed by atoms with van der Waals surface area (Å²) in [6, 6.07) is 6.54. The van der Waals surface area contributed by atoms with Gasteiger partial charge in [0.2, 0.25) is 0 Å². The Balaban J connectivity index is 2.00. The number of pyridine rings is 1. The standard InChI is InChI=1S/C20H24N2O5/c1-25-15-9-8-13(11-16(15)26-2)21-20(24)19-14-7-5-4-6-10-22(14)18(23)12-17(19)27-3/h8-9,11-12H,4-7,10H2,1-3H3,(H,21,24). The summed E-state index contributed by atoms with van der Waals surface area (Å²) in [6.45, 7) is 0.620. The molecule has 1 aliphatic rings. The molecule has 1 aromatic carbocycles. The molecule has 1 aromatic heterocycles. The maximum atomic E-state index is 13.1. The third-order valence-electron chi connectivity index (χ3n) is 4.77. The number of anilines is 1. The van der Waals surface area contributed by atoms with E-state index in [9.17, 15) is 9.59 Å². The number of carbonyl (C=O) groups is 1. The lowest BCUT2D eigenvalue weighted by atomic mass is 10.1. The number of benzene rings is 1. The van der Waals surface area contributed by atoms with Gasteiger partial charge in [0.1, 0.15) is 11.3 Å².